The molecule has 0 spiro atoms. The summed E-state index contributed by atoms with van der Waals surface area (Å²) in [4.78, 5) is 10.7. The Balaban J connectivity index is 2.51. The van der Waals surface area contributed by atoms with Crippen LogP contribution in [-0.2, 0) is 16.8 Å². The van der Waals surface area contributed by atoms with Gasteiger partial charge in [-0.15, -0.1) is 0 Å². The van der Waals surface area contributed by atoms with Crippen LogP contribution < -0.4 is 0 Å². The first-order valence-corrected chi connectivity index (χ1v) is 3.67. The molecule has 1 aliphatic carbocycles. The second-order valence-electron chi connectivity index (χ2n) is 2.92. The highest BCUT2D eigenvalue weighted by Gasteiger charge is 2.45. The lowest BCUT2D eigenvalue weighted by Crippen LogP contribution is -2.32. The van der Waals surface area contributed by atoms with Gasteiger partial charge in [0, 0.05) is 12.0 Å². The van der Waals surface area contributed by atoms with Crippen molar-refractivity contribution in [3.63, 3.8) is 0 Å². The Morgan fingerprint density at radius 1 is 1.67 bits per heavy atom. The third-order valence-corrected chi connectivity index (χ3v) is 2.26. The van der Waals surface area contributed by atoms with Crippen molar-refractivity contribution in [3.05, 3.63) is 23.7 Å². The summed E-state index contributed by atoms with van der Waals surface area (Å²) < 4.78 is 5.00. The van der Waals surface area contributed by atoms with Gasteiger partial charge in [-0.05, 0) is 12.5 Å². The number of furan rings is 1. The Bertz CT molecular complexity index is 328. The van der Waals surface area contributed by atoms with Crippen LogP contribution in [-0.4, -0.2) is 16.2 Å². The lowest BCUT2D eigenvalue weighted by Gasteiger charge is -2.15. The van der Waals surface area contributed by atoms with Gasteiger partial charge in [-0.2, -0.15) is 0 Å². The summed E-state index contributed by atoms with van der Waals surface area (Å²) in [6, 6.07) is 1.51. The fourth-order valence-corrected chi connectivity index (χ4v) is 1.55. The van der Waals surface area contributed by atoms with Crippen molar-refractivity contribution in [1.82, 2.24) is 0 Å². The monoisotopic (exact) mass is 168 g/mol. The van der Waals surface area contributed by atoms with Crippen LogP contribution in [0.5, 0.6) is 0 Å². The molecular weight excluding hydrogens is 160 g/mol. The molecule has 0 saturated heterocycles. The van der Waals surface area contributed by atoms with Crippen LogP contribution in [0.4, 0.5) is 0 Å². The van der Waals surface area contributed by atoms with Crippen LogP contribution in [0, 0.1) is 0 Å². The van der Waals surface area contributed by atoms with E-state index >= 15 is 0 Å². The van der Waals surface area contributed by atoms with E-state index in [0.717, 1.165) is 0 Å². The largest absolute Gasteiger partial charge is 0.479 e. The van der Waals surface area contributed by atoms with Crippen LogP contribution >= 0.6 is 0 Å². The molecule has 1 unspecified atom stereocenters. The van der Waals surface area contributed by atoms with Crippen molar-refractivity contribution in [2.75, 3.05) is 0 Å². The predicted octanol–water partition coefficient (Wildman–Crippen LogP) is 0.498. The average Bonchev–Trinajstić information content (AvgIpc) is 2.54. The van der Waals surface area contributed by atoms with Crippen LogP contribution in [0.3, 0.4) is 0 Å². The third-order valence-electron chi connectivity index (χ3n) is 2.26. The van der Waals surface area contributed by atoms with Gasteiger partial charge in [0.15, 0.2) is 5.60 Å². The first kappa shape index (κ1) is 7.36. The van der Waals surface area contributed by atoms with E-state index in [4.69, 9.17) is 9.52 Å². The average molecular weight is 168 g/mol. The molecule has 1 aliphatic rings. The first-order chi connectivity index (χ1) is 5.64. The molecule has 0 aliphatic heterocycles. The van der Waals surface area contributed by atoms with Crippen molar-refractivity contribution in [1.29, 1.82) is 0 Å². The van der Waals surface area contributed by atoms with Crippen molar-refractivity contribution in [2.24, 2.45) is 0 Å². The summed E-state index contributed by atoms with van der Waals surface area (Å²) in [7, 11) is 0. The molecule has 1 aromatic heterocycles. The summed E-state index contributed by atoms with van der Waals surface area (Å²) in [5.41, 5.74) is -1.32. The number of fused-ring (bicyclic) bond motifs is 1. The number of hydrogen-bond donors (Lipinski definition) is 2. The van der Waals surface area contributed by atoms with E-state index in [9.17, 15) is 9.90 Å². The Kier molecular flexibility index (Phi) is 1.29. The molecule has 0 saturated carbocycles. The zero-order valence-electron chi connectivity index (χ0n) is 6.28. The highest BCUT2D eigenvalue weighted by atomic mass is 16.4. The van der Waals surface area contributed by atoms with Crippen LogP contribution in [0.15, 0.2) is 16.7 Å². The molecular formula is C8H8O4. The number of carboxylic acids is 1. The number of carboxylic acid groups (broad SMARTS) is 1. The maximum Gasteiger partial charge on any atom is 0.340 e. The minimum absolute atomic E-state index is 0.206. The van der Waals surface area contributed by atoms with E-state index in [0.29, 0.717) is 17.7 Å². The number of rotatable bonds is 1. The highest BCUT2D eigenvalue weighted by molar-refractivity contribution is 5.80. The number of aliphatic carboxylic acids is 1. The molecule has 1 atom stereocenters. The molecule has 64 valence electrons. The van der Waals surface area contributed by atoms with E-state index in [1.54, 1.807) is 0 Å². The van der Waals surface area contributed by atoms with Gasteiger partial charge in [0.05, 0.1) is 6.26 Å². The molecule has 0 bridgehead atoms. The van der Waals surface area contributed by atoms with Gasteiger partial charge in [-0.1, -0.05) is 0 Å². The fraction of sp³-hybridized carbons (Fsp3) is 0.375. The lowest BCUT2D eigenvalue weighted by molar-refractivity contribution is -0.159. The minimum atomic E-state index is -1.72. The zero-order chi connectivity index (χ0) is 8.77. The standard InChI is InChI=1S/C8H8O4/c9-7(10)8(11)3-1-6-5(8)2-4-12-6/h2,4,11H,1,3H2,(H,9,10). The van der Waals surface area contributed by atoms with Crippen LogP contribution in [0.1, 0.15) is 17.7 Å². The molecule has 1 aromatic rings. The molecule has 1 heterocycles. The van der Waals surface area contributed by atoms with E-state index in [-0.39, 0.29) is 6.42 Å². The van der Waals surface area contributed by atoms with Gasteiger partial charge in [0.2, 0.25) is 0 Å². The zero-order valence-corrected chi connectivity index (χ0v) is 6.28. The SMILES string of the molecule is O=C(O)C1(O)CCc2occc21. The van der Waals surface area contributed by atoms with Gasteiger partial charge >= 0.3 is 5.97 Å². The van der Waals surface area contributed by atoms with Gasteiger partial charge in [0.1, 0.15) is 5.76 Å². The molecule has 2 N–H and O–H groups in total. The number of hydrogen-bond acceptors (Lipinski definition) is 3. The second kappa shape index (κ2) is 2.10. The molecule has 0 amide bonds. The third kappa shape index (κ3) is 0.726. The quantitative estimate of drug-likeness (QED) is 0.640. The Hall–Kier alpha value is -1.29. The van der Waals surface area contributed by atoms with E-state index in [1.807, 2.05) is 0 Å². The molecule has 4 nitrogen and oxygen atoms in total. The molecule has 0 aromatic carbocycles. The molecule has 0 fully saturated rings. The van der Waals surface area contributed by atoms with Crippen LogP contribution in [0.25, 0.3) is 0 Å². The topological polar surface area (TPSA) is 70.7 Å². The maximum atomic E-state index is 10.7. The van der Waals surface area contributed by atoms with Crippen molar-refractivity contribution >= 4 is 5.97 Å². The Morgan fingerprint density at radius 2 is 2.42 bits per heavy atom. The fourth-order valence-electron chi connectivity index (χ4n) is 1.55. The van der Waals surface area contributed by atoms with Crippen molar-refractivity contribution in [2.45, 2.75) is 18.4 Å². The van der Waals surface area contributed by atoms with Gasteiger partial charge in [-0.25, -0.2) is 4.79 Å². The predicted molar refractivity (Wildman–Crippen MR) is 38.6 cm³/mol. The normalized spacial score (nSPS) is 27.1. The minimum Gasteiger partial charge on any atom is -0.479 e. The van der Waals surface area contributed by atoms with E-state index in [1.165, 1.54) is 12.3 Å². The van der Waals surface area contributed by atoms with Crippen molar-refractivity contribution in [3.8, 4) is 0 Å². The Morgan fingerprint density at radius 3 is 3.08 bits per heavy atom. The maximum absolute atomic E-state index is 10.7. The van der Waals surface area contributed by atoms with Crippen LogP contribution in [0.2, 0.25) is 0 Å². The second-order valence-corrected chi connectivity index (χ2v) is 2.92. The lowest BCUT2D eigenvalue weighted by atomic mass is 9.99. The number of carbonyl (C=O) groups is 1. The van der Waals surface area contributed by atoms with Gasteiger partial charge in [0.25, 0.3) is 0 Å². The highest BCUT2D eigenvalue weighted by Crippen LogP contribution is 2.37. The molecule has 2 rings (SSSR count). The van der Waals surface area contributed by atoms with Crippen molar-refractivity contribution < 1.29 is 19.4 Å². The van der Waals surface area contributed by atoms with Gasteiger partial charge in [-0.3, -0.25) is 0 Å². The van der Waals surface area contributed by atoms with Gasteiger partial charge < -0.3 is 14.6 Å². The number of aryl methyl sites for hydroxylation is 1. The molecule has 12 heavy (non-hydrogen) atoms. The summed E-state index contributed by atoms with van der Waals surface area (Å²) in [5.74, 6) is -0.623. The molecule has 0 radical (unpaired) electrons. The summed E-state index contributed by atoms with van der Waals surface area (Å²) >= 11 is 0. The Labute approximate surface area is 68.4 Å². The summed E-state index contributed by atoms with van der Waals surface area (Å²) in [5, 5.41) is 18.4. The number of aliphatic hydroxyl groups is 1. The molecule has 4 heteroatoms. The van der Waals surface area contributed by atoms with E-state index in [2.05, 4.69) is 0 Å². The smallest absolute Gasteiger partial charge is 0.340 e. The summed E-state index contributed by atoms with van der Waals surface area (Å²) in [6.45, 7) is 0. The first-order valence-electron chi connectivity index (χ1n) is 3.67. The van der Waals surface area contributed by atoms with E-state index < -0.39 is 11.6 Å². The summed E-state index contributed by atoms with van der Waals surface area (Å²) in [6.07, 6.45) is 2.10.